The normalized spacial score (nSPS) is 12.6. The molecule has 0 saturated heterocycles. The predicted molar refractivity (Wildman–Crippen MR) is 255 cm³/mol. The van der Waals surface area contributed by atoms with Crippen molar-refractivity contribution in [1.82, 2.24) is 0 Å². The topological polar surface area (TPSA) is 3.24 Å². The minimum atomic E-state index is -0.0872. The highest BCUT2D eigenvalue weighted by molar-refractivity contribution is 6.08. The van der Waals surface area contributed by atoms with Gasteiger partial charge in [-0.1, -0.05) is 202 Å². The second-order valence-corrected chi connectivity index (χ2v) is 16.5. The largest absolute Gasteiger partial charge is 0.310 e. The van der Waals surface area contributed by atoms with Gasteiger partial charge in [0.2, 0.25) is 0 Å². The quantitative estimate of drug-likeness (QED) is 0.146. The van der Waals surface area contributed by atoms with Gasteiger partial charge in [0.15, 0.2) is 0 Å². The van der Waals surface area contributed by atoms with E-state index in [9.17, 15) is 0 Å². The van der Waals surface area contributed by atoms with Crippen LogP contribution in [0.5, 0.6) is 0 Å². The summed E-state index contributed by atoms with van der Waals surface area (Å²) in [6, 6.07) is 82.5. The van der Waals surface area contributed by atoms with Crippen LogP contribution >= 0.6 is 0 Å². The highest BCUT2D eigenvalue weighted by atomic mass is 15.1. The lowest BCUT2D eigenvalue weighted by molar-refractivity contribution is 0.660. The molecule has 0 N–H and O–H groups in total. The van der Waals surface area contributed by atoms with Crippen molar-refractivity contribution in [2.75, 3.05) is 4.90 Å². The van der Waals surface area contributed by atoms with Gasteiger partial charge < -0.3 is 4.90 Å². The van der Waals surface area contributed by atoms with Crippen LogP contribution in [0.1, 0.15) is 25.0 Å². The van der Waals surface area contributed by atoms with E-state index >= 15 is 0 Å². The third kappa shape index (κ3) is 5.93. The van der Waals surface area contributed by atoms with Crippen molar-refractivity contribution in [3.8, 4) is 55.6 Å². The van der Waals surface area contributed by atoms with E-state index < -0.39 is 0 Å². The number of fused-ring (bicyclic) bond motifs is 6. The molecule has 0 aliphatic heterocycles. The third-order valence-corrected chi connectivity index (χ3v) is 12.7. The maximum atomic E-state index is 2.48. The molecular formula is C59H43N. The average molecular weight is 766 g/mol. The van der Waals surface area contributed by atoms with E-state index in [1.807, 2.05) is 0 Å². The molecule has 0 aromatic heterocycles. The van der Waals surface area contributed by atoms with Crippen LogP contribution in [0.2, 0.25) is 0 Å². The van der Waals surface area contributed by atoms with Crippen molar-refractivity contribution in [3.63, 3.8) is 0 Å². The van der Waals surface area contributed by atoms with Crippen LogP contribution < -0.4 is 4.90 Å². The van der Waals surface area contributed by atoms with Crippen LogP contribution in [0.15, 0.2) is 224 Å². The lowest BCUT2D eigenvalue weighted by atomic mass is 9.82. The summed E-state index contributed by atoms with van der Waals surface area (Å²) in [5.74, 6) is 0. The predicted octanol–water partition coefficient (Wildman–Crippen LogP) is 16.4. The molecule has 0 unspecified atom stereocenters. The SMILES string of the molecule is CC1(C)c2ccccc2-c2cc(N(c3ccc(-c4ccc5c(ccc6ccccc65)c4)cc3)c3cccc(-c4ccccc4)c3-c3ccccc3-c3ccccc3)ccc21. The van der Waals surface area contributed by atoms with Gasteiger partial charge in [-0.2, -0.15) is 0 Å². The summed E-state index contributed by atoms with van der Waals surface area (Å²) in [6.45, 7) is 4.70. The van der Waals surface area contributed by atoms with Crippen molar-refractivity contribution in [1.29, 1.82) is 0 Å². The molecule has 60 heavy (non-hydrogen) atoms. The first-order valence-corrected chi connectivity index (χ1v) is 20.9. The van der Waals surface area contributed by atoms with Crippen molar-refractivity contribution in [3.05, 3.63) is 236 Å². The number of benzene rings is 10. The van der Waals surface area contributed by atoms with Crippen molar-refractivity contribution < 1.29 is 0 Å². The van der Waals surface area contributed by atoms with Crippen LogP contribution in [0, 0.1) is 0 Å². The molecular weight excluding hydrogens is 723 g/mol. The summed E-state index contributed by atoms with van der Waals surface area (Å²) in [5, 5.41) is 5.08. The molecule has 0 saturated carbocycles. The van der Waals surface area contributed by atoms with Gasteiger partial charge in [0.1, 0.15) is 0 Å². The summed E-state index contributed by atoms with van der Waals surface area (Å²) in [6.07, 6.45) is 0. The van der Waals surface area contributed by atoms with E-state index in [1.165, 1.54) is 88.3 Å². The number of hydrogen-bond acceptors (Lipinski definition) is 1. The van der Waals surface area contributed by atoms with Gasteiger partial charge >= 0.3 is 0 Å². The minimum Gasteiger partial charge on any atom is -0.310 e. The van der Waals surface area contributed by atoms with E-state index in [0.717, 1.165) is 17.1 Å². The van der Waals surface area contributed by atoms with Gasteiger partial charge in [-0.05, 0) is 119 Å². The summed E-state index contributed by atoms with van der Waals surface area (Å²) in [4.78, 5) is 2.48. The summed E-state index contributed by atoms with van der Waals surface area (Å²) >= 11 is 0. The van der Waals surface area contributed by atoms with Gasteiger partial charge in [-0.3, -0.25) is 0 Å². The first-order valence-electron chi connectivity index (χ1n) is 20.9. The van der Waals surface area contributed by atoms with Gasteiger partial charge in [0.25, 0.3) is 0 Å². The van der Waals surface area contributed by atoms with Crippen molar-refractivity contribution in [2.45, 2.75) is 19.3 Å². The Morgan fingerprint density at radius 1 is 0.317 bits per heavy atom. The van der Waals surface area contributed by atoms with Gasteiger partial charge in [-0.25, -0.2) is 0 Å². The fourth-order valence-electron chi connectivity index (χ4n) is 9.71. The minimum absolute atomic E-state index is 0.0872. The molecule has 1 heteroatoms. The molecule has 0 heterocycles. The Bertz CT molecular complexity index is 3210. The van der Waals surface area contributed by atoms with Gasteiger partial charge in [0.05, 0.1) is 5.69 Å². The number of nitrogens with zero attached hydrogens (tertiary/aromatic N) is 1. The van der Waals surface area contributed by atoms with E-state index in [1.54, 1.807) is 0 Å². The Kier molecular flexibility index (Phi) is 8.57. The zero-order chi connectivity index (χ0) is 40.2. The molecule has 284 valence electrons. The molecule has 0 amide bonds. The maximum Gasteiger partial charge on any atom is 0.0546 e. The Balaban J connectivity index is 1.13. The molecule has 1 nitrogen and oxygen atoms in total. The fraction of sp³-hybridized carbons (Fsp3) is 0.0508. The molecule has 10 aromatic carbocycles. The molecule has 11 rings (SSSR count). The molecule has 1 aliphatic carbocycles. The highest BCUT2D eigenvalue weighted by Gasteiger charge is 2.36. The Morgan fingerprint density at radius 3 is 1.67 bits per heavy atom. The Morgan fingerprint density at radius 2 is 0.883 bits per heavy atom. The fourth-order valence-corrected chi connectivity index (χ4v) is 9.71. The standard InChI is InChI=1S/C59H43N/c1-59(2)55-26-14-13-23-52(55)54-39-47(35-37-56(54)59)60(46-33-30-40(31-34-46)44-32-36-50-45(38-44)29-28-43-20-9-10-21-48(43)50)57-27-15-25-51(42-18-7-4-8-19-42)58(57)53-24-12-11-22-49(53)41-16-5-3-6-17-41/h3-39H,1-2H3. The van der Waals surface area contributed by atoms with Crippen molar-refractivity contribution in [2.24, 2.45) is 0 Å². The van der Waals surface area contributed by atoms with Gasteiger partial charge in [-0.15, -0.1) is 0 Å². The second-order valence-electron chi connectivity index (χ2n) is 16.5. The average Bonchev–Trinajstić information content (AvgIpc) is 3.54. The van der Waals surface area contributed by atoms with Gasteiger partial charge in [0, 0.05) is 22.4 Å². The molecule has 0 radical (unpaired) electrons. The zero-order valence-corrected chi connectivity index (χ0v) is 33.8. The van der Waals surface area contributed by atoms with E-state index in [4.69, 9.17) is 0 Å². The highest BCUT2D eigenvalue weighted by Crippen LogP contribution is 2.52. The summed E-state index contributed by atoms with van der Waals surface area (Å²) in [5.41, 5.74) is 18.1. The number of anilines is 3. The van der Waals surface area contributed by atoms with Crippen LogP contribution in [0.3, 0.4) is 0 Å². The van der Waals surface area contributed by atoms with Crippen molar-refractivity contribution >= 4 is 38.6 Å². The zero-order valence-electron chi connectivity index (χ0n) is 33.8. The molecule has 0 bridgehead atoms. The monoisotopic (exact) mass is 765 g/mol. The smallest absolute Gasteiger partial charge is 0.0546 e. The van der Waals surface area contributed by atoms with E-state index in [0.29, 0.717) is 0 Å². The van der Waals surface area contributed by atoms with Crippen LogP contribution in [0.4, 0.5) is 17.1 Å². The first kappa shape index (κ1) is 35.7. The number of hydrogen-bond donors (Lipinski definition) is 0. The maximum absolute atomic E-state index is 2.48. The Labute approximate surface area is 352 Å². The lowest BCUT2D eigenvalue weighted by Gasteiger charge is -2.31. The first-order chi connectivity index (χ1) is 29.5. The van der Waals surface area contributed by atoms with E-state index in [-0.39, 0.29) is 5.41 Å². The molecule has 0 atom stereocenters. The summed E-state index contributed by atoms with van der Waals surface area (Å²) in [7, 11) is 0. The molecule has 1 aliphatic rings. The van der Waals surface area contributed by atoms with Crippen LogP contribution in [-0.2, 0) is 5.41 Å². The molecule has 0 fully saturated rings. The second kappa shape index (κ2) is 14.4. The summed E-state index contributed by atoms with van der Waals surface area (Å²) < 4.78 is 0. The van der Waals surface area contributed by atoms with E-state index in [2.05, 4.69) is 243 Å². The van der Waals surface area contributed by atoms with Crippen LogP contribution in [-0.4, -0.2) is 0 Å². The lowest BCUT2D eigenvalue weighted by Crippen LogP contribution is -2.15. The Hall–Kier alpha value is -7.48. The third-order valence-electron chi connectivity index (χ3n) is 12.7. The van der Waals surface area contributed by atoms with Crippen LogP contribution in [0.25, 0.3) is 77.2 Å². The molecule has 10 aromatic rings. The molecule has 0 spiro atoms. The number of rotatable bonds is 7.